The Morgan fingerprint density at radius 1 is 1.21 bits per heavy atom. The van der Waals surface area contributed by atoms with Gasteiger partial charge in [0.25, 0.3) is 5.91 Å². The second-order valence-electron chi connectivity index (χ2n) is 6.62. The van der Waals surface area contributed by atoms with Crippen molar-refractivity contribution >= 4 is 34.4 Å². The van der Waals surface area contributed by atoms with Crippen molar-refractivity contribution in [2.24, 2.45) is 0 Å². The Morgan fingerprint density at radius 2 is 2.07 bits per heavy atom. The largest absolute Gasteiger partial charge is 0.465 e. The molecule has 2 aromatic heterocycles. The Hall–Kier alpha value is -3.41. The minimum Gasteiger partial charge on any atom is -0.465 e. The van der Waals surface area contributed by atoms with Crippen molar-refractivity contribution in [2.75, 3.05) is 13.7 Å². The summed E-state index contributed by atoms with van der Waals surface area (Å²) in [5, 5.41) is 3.19. The standard InChI is InChI=1S/C22H20N2O4/c1-23-19(25)13-28-22(26)20-16-8-2-3-10-18(16)24-21-14(6-4-9-17(20)21)12-15-7-5-11-27-15/h2-3,5,7-8,10-12H,4,6,9,13H2,1H3,(H,23,25)/b14-12-. The van der Waals surface area contributed by atoms with Crippen molar-refractivity contribution in [1.29, 1.82) is 0 Å². The number of likely N-dealkylation sites (N-methyl/N-ethyl adjacent to an activating group) is 1. The molecule has 1 aliphatic carbocycles. The van der Waals surface area contributed by atoms with E-state index in [0.717, 1.165) is 52.8 Å². The first-order valence-electron chi connectivity index (χ1n) is 9.21. The molecule has 4 rings (SSSR count). The maximum atomic E-state index is 12.9. The van der Waals surface area contributed by atoms with Gasteiger partial charge in [0.1, 0.15) is 5.76 Å². The summed E-state index contributed by atoms with van der Waals surface area (Å²) in [6, 6.07) is 11.2. The molecular weight excluding hydrogens is 356 g/mol. The summed E-state index contributed by atoms with van der Waals surface area (Å²) in [7, 11) is 1.51. The lowest BCUT2D eigenvalue weighted by Crippen LogP contribution is -2.26. The second-order valence-corrected chi connectivity index (χ2v) is 6.62. The molecule has 0 atom stereocenters. The topological polar surface area (TPSA) is 81.4 Å². The quantitative estimate of drug-likeness (QED) is 0.704. The van der Waals surface area contributed by atoms with Crippen LogP contribution in [0.4, 0.5) is 0 Å². The fraction of sp³-hybridized carbons (Fsp3) is 0.227. The van der Waals surface area contributed by atoms with Gasteiger partial charge >= 0.3 is 5.97 Å². The van der Waals surface area contributed by atoms with Crippen molar-refractivity contribution in [3.63, 3.8) is 0 Å². The second kappa shape index (κ2) is 7.68. The summed E-state index contributed by atoms with van der Waals surface area (Å²) in [6.45, 7) is -0.310. The van der Waals surface area contributed by atoms with Gasteiger partial charge in [-0.25, -0.2) is 9.78 Å². The predicted molar refractivity (Wildman–Crippen MR) is 106 cm³/mol. The Labute approximate surface area is 162 Å². The van der Waals surface area contributed by atoms with Gasteiger partial charge in [-0.05, 0) is 54.7 Å². The number of aromatic nitrogens is 1. The van der Waals surface area contributed by atoms with Gasteiger partial charge in [0.2, 0.25) is 0 Å². The summed E-state index contributed by atoms with van der Waals surface area (Å²) in [6.07, 6.45) is 6.08. The number of nitrogens with zero attached hydrogens (tertiary/aromatic N) is 1. The number of furan rings is 1. The number of hydrogen-bond acceptors (Lipinski definition) is 5. The number of benzene rings is 1. The van der Waals surface area contributed by atoms with Gasteiger partial charge in [0, 0.05) is 12.4 Å². The van der Waals surface area contributed by atoms with Gasteiger partial charge in [-0.2, -0.15) is 0 Å². The SMILES string of the molecule is CNC(=O)COC(=O)c1c2c(nc3ccccc13)/C(=C\c1ccco1)CCC2. The molecule has 0 bridgehead atoms. The molecule has 0 saturated carbocycles. The molecule has 28 heavy (non-hydrogen) atoms. The molecule has 0 unspecified atom stereocenters. The number of fused-ring (bicyclic) bond motifs is 2. The highest BCUT2D eigenvalue weighted by molar-refractivity contribution is 6.07. The molecule has 2 heterocycles. The highest BCUT2D eigenvalue weighted by Crippen LogP contribution is 2.36. The number of carbonyl (C=O) groups excluding carboxylic acids is 2. The van der Waals surface area contributed by atoms with Crippen molar-refractivity contribution in [1.82, 2.24) is 10.3 Å². The van der Waals surface area contributed by atoms with Crippen LogP contribution in [0.25, 0.3) is 22.6 Å². The third-order valence-electron chi connectivity index (χ3n) is 4.85. The molecule has 0 aliphatic heterocycles. The number of nitrogens with one attached hydrogen (secondary N) is 1. The lowest BCUT2D eigenvalue weighted by molar-refractivity contribution is -0.123. The lowest BCUT2D eigenvalue weighted by Gasteiger charge is -2.22. The number of carbonyl (C=O) groups is 2. The minimum absolute atomic E-state index is 0.310. The number of esters is 1. The minimum atomic E-state index is -0.502. The molecule has 142 valence electrons. The molecule has 0 fully saturated rings. The van der Waals surface area contributed by atoms with Crippen LogP contribution >= 0.6 is 0 Å². The summed E-state index contributed by atoms with van der Waals surface area (Å²) in [5.74, 6) is -0.0989. The highest BCUT2D eigenvalue weighted by Gasteiger charge is 2.26. The zero-order valence-corrected chi connectivity index (χ0v) is 15.5. The number of hydrogen-bond donors (Lipinski definition) is 1. The van der Waals surface area contributed by atoms with E-state index in [-0.39, 0.29) is 12.5 Å². The van der Waals surface area contributed by atoms with Crippen molar-refractivity contribution in [3.05, 3.63) is 65.2 Å². The lowest BCUT2D eigenvalue weighted by atomic mass is 9.86. The van der Waals surface area contributed by atoms with Crippen LogP contribution < -0.4 is 5.32 Å². The van der Waals surface area contributed by atoms with E-state index in [9.17, 15) is 9.59 Å². The maximum Gasteiger partial charge on any atom is 0.339 e. The van der Waals surface area contributed by atoms with E-state index in [1.165, 1.54) is 7.05 Å². The molecule has 1 amide bonds. The van der Waals surface area contributed by atoms with Gasteiger partial charge in [0.05, 0.1) is 23.0 Å². The number of allylic oxidation sites excluding steroid dienone is 1. The number of ether oxygens (including phenoxy) is 1. The van der Waals surface area contributed by atoms with Crippen LogP contribution in [0.15, 0.2) is 47.1 Å². The first-order chi connectivity index (χ1) is 13.7. The molecule has 3 aromatic rings. The molecule has 6 heteroatoms. The molecule has 0 spiro atoms. The van der Waals surface area contributed by atoms with E-state index in [2.05, 4.69) is 5.32 Å². The molecular formula is C22H20N2O4. The third kappa shape index (κ3) is 3.41. The van der Waals surface area contributed by atoms with Crippen LogP contribution in [-0.2, 0) is 16.0 Å². The van der Waals surface area contributed by atoms with E-state index in [0.29, 0.717) is 5.56 Å². The average molecular weight is 376 g/mol. The molecule has 1 aromatic carbocycles. The molecule has 0 radical (unpaired) electrons. The van der Waals surface area contributed by atoms with Crippen molar-refractivity contribution < 1.29 is 18.7 Å². The van der Waals surface area contributed by atoms with Crippen LogP contribution in [0.5, 0.6) is 0 Å². The maximum absolute atomic E-state index is 12.9. The highest BCUT2D eigenvalue weighted by atomic mass is 16.5. The van der Waals surface area contributed by atoms with Crippen molar-refractivity contribution in [3.8, 4) is 0 Å². The van der Waals surface area contributed by atoms with E-state index in [4.69, 9.17) is 14.1 Å². The first kappa shape index (κ1) is 18.0. The number of amides is 1. The number of para-hydroxylation sites is 1. The average Bonchev–Trinajstić information content (AvgIpc) is 3.23. The van der Waals surface area contributed by atoms with Crippen LogP contribution in [0, 0.1) is 0 Å². The normalized spacial score (nSPS) is 14.7. The molecule has 0 saturated heterocycles. The monoisotopic (exact) mass is 376 g/mol. The zero-order chi connectivity index (χ0) is 19.5. The Bertz CT molecular complexity index is 1070. The Kier molecular flexibility index (Phi) is 4.93. The number of pyridine rings is 1. The van der Waals surface area contributed by atoms with E-state index in [1.54, 1.807) is 6.26 Å². The van der Waals surface area contributed by atoms with E-state index >= 15 is 0 Å². The predicted octanol–water partition coefficient (Wildman–Crippen LogP) is 3.61. The fourth-order valence-electron chi connectivity index (χ4n) is 3.53. The van der Waals surface area contributed by atoms with Gasteiger partial charge in [0.15, 0.2) is 6.61 Å². The summed E-state index contributed by atoms with van der Waals surface area (Å²) in [4.78, 5) is 29.3. The van der Waals surface area contributed by atoms with Gasteiger partial charge in [-0.1, -0.05) is 18.2 Å². The van der Waals surface area contributed by atoms with Gasteiger partial charge < -0.3 is 14.5 Å². The van der Waals surface area contributed by atoms with Crippen LogP contribution in [-0.4, -0.2) is 30.5 Å². The summed E-state index contributed by atoms with van der Waals surface area (Å²) < 4.78 is 10.7. The first-order valence-corrected chi connectivity index (χ1v) is 9.21. The van der Waals surface area contributed by atoms with Crippen LogP contribution in [0.2, 0.25) is 0 Å². The molecule has 6 nitrogen and oxygen atoms in total. The Morgan fingerprint density at radius 3 is 2.86 bits per heavy atom. The van der Waals surface area contributed by atoms with Crippen LogP contribution in [0.1, 0.15) is 40.2 Å². The summed E-state index contributed by atoms with van der Waals surface area (Å²) >= 11 is 0. The Balaban J connectivity index is 1.84. The summed E-state index contributed by atoms with van der Waals surface area (Å²) in [5.41, 5.74) is 3.91. The van der Waals surface area contributed by atoms with E-state index in [1.807, 2.05) is 42.5 Å². The van der Waals surface area contributed by atoms with Gasteiger partial charge in [-0.3, -0.25) is 4.79 Å². The third-order valence-corrected chi connectivity index (χ3v) is 4.85. The fourth-order valence-corrected chi connectivity index (χ4v) is 3.53. The smallest absolute Gasteiger partial charge is 0.339 e. The van der Waals surface area contributed by atoms with E-state index < -0.39 is 5.97 Å². The van der Waals surface area contributed by atoms with Gasteiger partial charge in [-0.15, -0.1) is 0 Å². The number of rotatable bonds is 4. The molecule has 1 aliphatic rings. The zero-order valence-electron chi connectivity index (χ0n) is 15.5. The van der Waals surface area contributed by atoms with Crippen LogP contribution in [0.3, 0.4) is 0 Å². The molecule has 1 N–H and O–H groups in total. The van der Waals surface area contributed by atoms with Crippen molar-refractivity contribution in [2.45, 2.75) is 19.3 Å².